The van der Waals surface area contributed by atoms with Crippen molar-refractivity contribution >= 4 is 21.8 Å². The largest absolute Gasteiger partial charge is 0.465 e. The van der Waals surface area contributed by atoms with Crippen LogP contribution in [0.3, 0.4) is 0 Å². The Balaban J connectivity index is 2.66. The minimum Gasteiger partial charge on any atom is -0.465 e. The molecule has 0 spiro atoms. The highest BCUT2D eigenvalue weighted by atomic mass is 32.2. The van der Waals surface area contributed by atoms with Crippen LogP contribution in [0.1, 0.15) is 26.3 Å². The van der Waals surface area contributed by atoms with Gasteiger partial charge in [-0.1, -0.05) is 17.7 Å². The molecular formula is C16H15NO6S. The van der Waals surface area contributed by atoms with Crippen LogP contribution in [0.4, 0.5) is 0 Å². The van der Waals surface area contributed by atoms with Gasteiger partial charge in [0.25, 0.3) is 0 Å². The molecule has 0 saturated carbocycles. The molecule has 1 aromatic heterocycles. The zero-order valence-corrected chi connectivity index (χ0v) is 14.1. The van der Waals surface area contributed by atoms with E-state index in [0.29, 0.717) is 0 Å². The lowest BCUT2D eigenvalue weighted by molar-refractivity contribution is 0.0594. The van der Waals surface area contributed by atoms with E-state index in [0.717, 1.165) is 32.0 Å². The molecule has 0 aliphatic rings. The molecule has 7 nitrogen and oxygen atoms in total. The maximum absolute atomic E-state index is 12.8. The predicted octanol–water partition coefficient (Wildman–Crippen LogP) is 1.80. The van der Waals surface area contributed by atoms with Crippen LogP contribution in [-0.2, 0) is 19.3 Å². The van der Waals surface area contributed by atoms with E-state index in [1.165, 1.54) is 12.1 Å². The van der Waals surface area contributed by atoms with E-state index in [9.17, 15) is 18.0 Å². The van der Waals surface area contributed by atoms with E-state index in [4.69, 9.17) is 0 Å². The topological polar surface area (TPSA) is 99.6 Å². The van der Waals surface area contributed by atoms with Gasteiger partial charge in [0.05, 0.1) is 30.2 Å². The van der Waals surface area contributed by atoms with Gasteiger partial charge in [0.1, 0.15) is 0 Å². The first kappa shape index (κ1) is 17.6. The third-order valence-corrected chi connectivity index (χ3v) is 4.99. The molecule has 0 fully saturated rings. The molecule has 0 atom stereocenters. The highest BCUT2D eigenvalue weighted by Gasteiger charge is 2.28. The summed E-state index contributed by atoms with van der Waals surface area (Å²) < 4.78 is 34.6. The van der Waals surface area contributed by atoms with E-state index < -0.39 is 26.8 Å². The van der Waals surface area contributed by atoms with Crippen molar-refractivity contribution in [2.45, 2.75) is 16.8 Å². The minimum atomic E-state index is -4.05. The average molecular weight is 349 g/mol. The van der Waals surface area contributed by atoms with Gasteiger partial charge in [0.15, 0.2) is 5.03 Å². The van der Waals surface area contributed by atoms with Gasteiger partial charge < -0.3 is 9.47 Å². The molecule has 24 heavy (non-hydrogen) atoms. The number of nitrogens with zero attached hydrogens (tertiary/aromatic N) is 1. The molecule has 1 heterocycles. The van der Waals surface area contributed by atoms with Crippen molar-refractivity contribution < 1.29 is 27.5 Å². The number of methoxy groups -OCH3 is 2. The number of carbonyl (C=O) groups excluding carboxylic acids is 2. The maximum Gasteiger partial charge on any atom is 0.340 e. The van der Waals surface area contributed by atoms with Crippen molar-refractivity contribution in [1.82, 2.24) is 4.98 Å². The normalized spacial score (nSPS) is 11.0. The fourth-order valence-corrected chi connectivity index (χ4v) is 3.32. The van der Waals surface area contributed by atoms with Crippen molar-refractivity contribution in [1.29, 1.82) is 0 Å². The van der Waals surface area contributed by atoms with E-state index in [1.807, 2.05) is 6.92 Å². The Hall–Kier alpha value is -2.74. The summed E-state index contributed by atoms with van der Waals surface area (Å²) in [5.41, 5.74) is 0.498. The molecule has 0 amide bonds. The summed E-state index contributed by atoms with van der Waals surface area (Å²) >= 11 is 0. The second-order valence-electron chi connectivity index (χ2n) is 4.88. The van der Waals surface area contributed by atoms with E-state index in [2.05, 4.69) is 14.5 Å². The number of carbonyl (C=O) groups is 2. The van der Waals surface area contributed by atoms with Gasteiger partial charge >= 0.3 is 11.9 Å². The highest BCUT2D eigenvalue weighted by molar-refractivity contribution is 7.91. The highest BCUT2D eigenvalue weighted by Crippen LogP contribution is 2.24. The zero-order chi connectivity index (χ0) is 17.9. The lowest BCUT2D eigenvalue weighted by Crippen LogP contribution is -2.15. The molecule has 0 aliphatic carbocycles. The standard InChI is InChI=1S/C16H15NO6S/c1-10-4-6-12(7-5-10)24(20,21)14-13(16(19)23-3)8-11(9-17-14)15(18)22-2/h4-9H,1-3H3. The molecule has 0 bridgehead atoms. The van der Waals surface area contributed by atoms with Crippen LogP contribution in [0.2, 0.25) is 0 Å². The van der Waals surface area contributed by atoms with Crippen LogP contribution >= 0.6 is 0 Å². The third kappa shape index (κ3) is 3.28. The lowest BCUT2D eigenvalue weighted by Gasteiger charge is -2.10. The first-order chi connectivity index (χ1) is 11.3. The second kappa shape index (κ2) is 6.79. The predicted molar refractivity (Wildman–Crippen MR) is 83.5 cm³/mol. The molecule has 0 radical (unpaired) electrons. The van der Waals surface area contributed by atoms with E-state index >= 15 is 0 Å². The average Bonchev–Trinajstić information content (AvgIpc) is 2.60. The number of aryl methyl sites for hydroxylation is 1. The van der Waals surface area contributed by atoms with E-state index in [1.54, 1.807) is 12.1 Å². The van der Waals surface area contributed by atoms with Gasteiger partial charge in [-0.25, -0.2) is 23.0 Å². The second-order valence-corrected chi connectivity index (χ2v) is 6.74. The van der Waals surface area contributed by atoms with Gasteiger partial charge in [-0.05, 0) is 25.1 Å². The Bertz CT molecular complexity index is 887. The third-order valence-electron chi connectivity index (χ3n) is 3.26. The van der Waals surface area contributed by atoms with Crippen molar-refractivity contribution in [2.24, 2.45) is 0 Å². The number of sulfone groups is 1. The maximum atomic E-state index is 12.8. The number of benzene rings is 1. The Labute approximate surface area is 139 Å². The van der Waals surface area contributed by atoms with Crippen LogP contribution in [0.25, 0.3) is 0 Å². The molecule has 0 aliphatic heterocycles. The fraction of sp³-hybridized carbons (Fsp3) is 0.188. The summed E-state index contributed by atoms with van der Waals surface area (Å²) in [5, 5.41) is -0.481. The Morgan fingerprint density at radius 3 is 2.12 bits per heavy atom. The summed E-state index contributed by atoms with van der Waals surface area (Å²) in [6.07, 6.45) is 1.04. The summed E-state index contributed by atoms with van der Waals surface area (Å²) in [6.45, 7) is 1.82. The number of pyridine rings is 1. The quantitative estimate of drug-likeness (QED) is 0.776. The number of aromatic nitrogens is 1. The number of hydrogen-bond donors (Lipinski definition) is 0. The molecule has 8 heteroatoms. The van der Waals surface area contributed by atoms with Gasteiger partial charge in [-0.2, -0.15) is 0 Å². The molecular weight excluding hydrogens is 334 g/mol. The monoisotopic (exact) mass is 349 g/mol. The SMILES string of the molecule is COC(=O)c1cnc(S(=O)(=O)c2ccc(C)cc2)c(C(=O)OC)c1. The van der Waals surface area contributed by atoms with Crippen LogP contribution in [0.15, 0.2) is 46.5 Å². The van der Waals surface area contributed by atoms with Crippen molar-refractivity contribution in [3.8, 4) is 0 Å². The van der Waals surface area contributed by atoms with E-state index in [-0.39, 0.29) is 16.0 Å². The Kier molecular flexibility index (Phi) is 4.99. The van der Waals surface area contributed by atoms with Gasteiger partial charge in [0, 0.05) is 6.20 Å². The van der Waals surface area contributed by atoms with Crippen molar-refractivity contribution in [3.05, 3.63) is 53.2 Å². The van der Waals surface area contributed by atoms with Gasteiger partial charge in [0.2, 0.25) is 9.84 Å². The van der Waals surface area contributed by atoms with Crippen LogP contribution in [0.5, 0.6) is 0 Å². The van der Waals surface area contributed by atoms with Crippen LogP contribution in [0, 0.1) is 6.92 Å². The number of esters is 2. The minimum absolute atomic E-state index is 0.0171. The molecule has 0 saturated heterocycles. The van der Waals surface area contributed by atoms with Crippen molar-refractivity contribution in [2.75, 3.05) is 14.2 Å². The molecule has 1 aromatic carbocycles. The number of rotatable bonds is 4. The summed E-state index contributed by atoms with van der Waals surface area (Å²) in [5.74, 6) is -1.66. The van der Waals surface area contributed by atoms with Crippen molar-refractivity contribution in [3.63, 3.8) is 0 Å². The van der Waals surface area contributed by atoms with Gasteiger partial charge in [-0.3, -0.25) is 0 Å². The summed E-state index contributed by atoms with van der Waals surface area (Å²) in [6, 6.07) is 7.19. The first-order valence-electron chi connectivity index (χ1n) is 6.79. The number of ether oxygens (including phenoxy) is 2. The molecule has 2 rings (SSSR count). The molecule has 0 unspecified atom stereocenters. The first-order valence-corrected chi connectivity index (χ1v) is 8.28. The number of hydrogen-bond acceptors (Lipinski definition) is 7. The fourth-order valence-electron chi connectivity index (χ4n) is 1.98. The summed E-state index contributed by atoms with van der Waals surface area (Å²) in [7, 11) is -1.78. The Morgan fingerprint density at radius 1 is 1.00 bits per heavy atom. The molecule has 0 N–H and O–H groups in total. The van der Waals surface area contributed by atoms with Crippen LogP contribution < -0.4 is 0 Å². The molecule has 2 aromatic rings. The smallest absolute Gasteiger partial charge is 0.340 e. The lowest BCUT2D eigenvalue weighted by atomic mass is 10.2. The molecule has 126 valence electrons. The van der Waals surface area contributed by atoms with Crippen LogP contribution in [-0.4, -0.2) is 39.6 Å². The van der Waals surface area contributed by atoms with Gasteiger partial charge in [-0.15, -0.1) is 0 Å². The Morgan fingerprint density at radius 2 is 1.58 bits per heavy atom. The summed E-state index contributed by atoms with van der Waals surface area (Å²) in [4.78, 5) is 27.3. The zero-order valence-electron chi connectivity index (χ0n) is 13.3.